The van der Waals surface area contributed by atoms with E-state index in [9.17, 15) is 0 Å². The Morgan fingerprint density at radius 1 is 1.39 bits per heavy atom. The summed E-state index contributed by atoms with van der Waals surface area (Å²) in [5.74, 6) is 1.08. The standard InChI is InChI=1S/C14H19ClN2S/c1-4-14(5-2)9-18-13(17-14)16-12-7-6-11(15)8-10(12)3/h6-8H,4-5,9H2,1-3H3,(H,16,17). The molecule has 1 heterocycles. The second kappa shape index (κ2) is 5.54. The highest BCUT2D eigenvalue weighted by Gasteiger charge is 2.32. The second-order valence-corrected chi connectivity index (χ2v) is 6.12. The molecule has 98 valence electrons. The van der Waals surface area contributed by atoms with Crippen LogP contribution in [0.3, 0.4) is 0 Å². The van der Waals surface area contributed by atoms with Crippen LogP contribution in [0.4, 0.5) is 5.69 Å². The Hall–Kier alpha value is -0.670. The molecule has 0 aliphatic carbocycles. The van der Waals surface area contributed by atoms with Crippen molar-refractivity contribution >= 4 is 34.2 Å². The van der Waals surface area contributed by atoms with Gasteiger partial charge in [-0.3, -0.25) is 4.99 Å². The monoisotopic (exact) mass is 282 g/mol. The molecular weight excluding hydrogens is 264 g/mol. The number of anilines is 1. The minimum absolute atomic E-state index is 0.132. The van der Waals surface area contributed by atoms with Crippen LogP contribution in [0.5, 0.6) is 0 Å². The number of nitrogens with zero attached hydrogens (tertiary/aromatic N) is 1. The molecule has 1 aliphatic rings. The first-order valence-electron chi connectivity index (χ1n) is 6.34. The second-order valence-electron chi connectivity index (χ2n) is 4.72. The zero-order valence-corrected chi connectivity index (χ0v) is 12.7. The maximum absolute atomic E-state index is 5.96. The van der Waals surface area contributed by atoms with Gasteiger partial charge in [-0.25, -0.2) is 0 Å². The summed E-state index contributed by atoms with van der Waals surface area (Å²) in [4.78, 5) is 4.85. The average Bonchev–Trinajstić information content (AvgIpc) is 2.77. The Morgan fingerprint density at radius 3 is 2.67 bits per heavy atom. The zero-order chi connectivity index (χ0) is 13.2. The van der Waals surface area contributed by atoms with Crippen LogP contribution in [0, 0.1) is 6.92 Å². The molecule has 1 N–H and O–H groups in total. The number of halogens is 1. The van der Waals surface area contributed by atoms with Crippen molar-refractivity contribution in [1.82, 2.24) is 0 Å². The molecule has 0 saturated heterocycles. The number of hydrogen-bond donors (Lipinski definition) is 1. The van der Waals surface area contributed by atoms with Gasteiger partial charge in [0.1, 0.15) is 0 Å². The maximum Gasteiger partial charge on any atom is 0.161 e. The van der Waals surface area contributed by atoms with Gasteiger partial charge in [-0.2, -0.15) is 0 Å². The first-order valence-corrected chi connectivity index (χ1v) is 7.71. The number of thioether (sulfide) groups is 1. The highest BCUT2D eigenvalue weighted by molar-refractivity contribution is 8.14. The Labute approximate surface area is 118 Å². The van der Waals surface area contributed by atoms with Crippen molar-refractivity contribution in [1.29, 1.82) is 0 Å². The van der Waals surface area contributed by atoms with E-state index in [1.54, 1.807) is 0 Å². The fourth-order valence-corrected chi connectivity index (χ4v) is 3.59. The molecular formula is C14H19ClN2S. The number of rotatable bonds is 3. The zero-order valence-electron chi connectivity index (χ0n) is 11.1. The van der Waals surface area contributed by atoms with Crippen LogP contribution in [0.2, 0.25) is 5.02 Å². The van der Waals surface area contributed by atoms with E-state index in [1.165, 1.54) is 0 Å². The number of benzene rings is 1. The van der Waals surface area contributed by atoms with E-state index in [1.807, 2.05) is 30.0 Å². The summed E-state index contributed by atoms with van der Waals surface area (Å²) in [5.41, 5.74) is 2.37. The fraction of sp³-hybridized carbons (Fsp3) is 0.500. The van der Waals surface area contributed by atoms with Crippen molar-refractivity contribution in [2.75, 3.05) is 11.1 Å². The summed E-state index contributed by atoms with van der Waals surface area (Å²) in [6, 6.07) is 5.89. The van der Waals surface area contributed by atoms with Crippen LogP contribution >= 0.6 is 23.4 Å². The molecule has 0 spiro atoms. The maximum atomic E-state index is 5.96. The van der Waals surface area contributed by atoms with Crippen LogP contribution in [0.1, 0.15) is 32.3 Å². The fourth-order valence-electron chi connectivity index (χ4n) is 2.04. The molecule has 4 heteroatoms. The van der Waals surface area contributed by atoms with Crippen molar-refractivity contribution in [3.8, 4) is 0 Å². The number of aliphatic imine (C=N–C) groups is 1. The van der Waals surface area contributed by atoms with Crippen molar-refractivity contribution < 1.29 is 0 Å². The summed E-state index contributed by atoms with van der Waals surface area (Å²) in [5, 5.41) is 5.22. The van der Waals surface area contributed by atoms with Gasteiger partial charge in [0, 0.05) is 16.5 Å². The van der Waals surface area contributed by atoms with Gasteiger partial charge in [0.15, 0.2) is 5.17 Å². The van der Waals surface area contributed by atoms with Crippen LogP contribution in [-0.2, 0) is 0 Å². The Balaban J connectivity index is 2.15. The van der Waals surface area contributed by atoms with Crippen molar-refractivity contribution in [3.05, 3.63) is 28.8 Å². The Bertz CT molecular complexity index is 467. The van der Waals surface area contributed by atoms with Crippen molar-refractivity contribution in [3.63, 3.8) is 0 Å². The van der Waals surface area contributed by atoms with Crippen LogP contribution in [-0.4, -0.2) is 16.5 Å². The third-order valence-corrected chi connectivity index (χ3v) is 4.95. The first-order chi connectivity index (χ1) is 8.58. The van der Waals surface area contributed by atoms with E-state index in [4.69, 9.17) is 16.6 Å². The van der Waals surface area contributed by atoms with Gasteiger partial charge in [0.05, 0.1) is 5.54 Å². The molecule has 0 radical (unpaired) electrons. The molecule has 0 unspecified atom stereocenters. The van der Waals surface area contributed by atoms with Gasteiger partial charge in [-0.05, 0) is 43.5 Å². The molecule has 0 fully saturated rings. The van der Waals surface area contributed by atoms with Gasteiger partial charge in [0.25, 0.3) is 0 Å². The van der Waals surface area contributed by atoms with Gasteiger partial charge < -0.3 is 5.32 Å². The number of nitrogens with one attached hydrogen (secondary N) is 1. The number of amidine groups is 1. The lowest BCUT2D eigenvalue weighted by molar-refractivity contribution is 0.456. The molecule has 18 heavy (non-hydrogen) atoms. The van der Waals surface area contributed by atoms with Gasteiger partial charge in [-0.15, -0.1) is 0 Å². The summed E-state index contributed by atoms with van der Waals surface area (Å²) in [7, 11) is 0. The number of aryl methyl sites for hydroxylation is 1. The normalized spacial score (nSPS) is 17.7. The predicted molar refractivity (Wildman–Crippen MR) is 83.0 cm³/mol. The lowest BCUT2D eigenvalue weighted by atomic mass is 9.97. The third kappa shape index (κ3) is 2.83. The molecule has 0 atom stereocenters. The lowest BCUT2D eigenvalue weighted by Crippen LogP contribution is -2.24. The van der Waals surface area contributed by atoms with E-state index in [-0.39, 0.29) is 5.54 Å². The minimum atomic E-state index is 0.132. The average molecular weight is 283 g/mol. The minimum Gasteiger partial charge on any atom is -0.335 e. The smallest absolute Gasteiger partial charge is 0.161 e. The van der Waals surface area contributed by atoms with E-state index >= 15 is 0 Å². The summed E-state index contributed by atoms with van der Waals surface area (Å²) in [6.45, 7) is 6.48. The molecule has 0 bridgehead atoms. The predicted octanol–water partition coefficient (Wildman–Crippen LogP) is 4.72. The van der Waals surface area contributed by atoms with Crippen molar-refractivity contribution in [2.45, 2.75) is 39.2 Å². The van der Waals surface area contributed by atoms with E-state index in [0.29, 0.717) is 0 Å². The van der Waals surface area contributed by atoms with E-state index in [0.717, 1.165) is 40.0 Å². The lowest BCUT2D eigenvalue weighted by Gasteiger charge is -2.20. The van der Waals surface area contributed by atoms with Crippen LogP contribution < -0.4 is 5.32 Å². The van der Waals surface area contributed by atoms with Gasteiger partial charge >= 0.3 is 0 Å². The quantitative estimate of drug-likeness (QED) is 0.867. The molecule has 2 nitrogen and oxygen atoms in total. The largest absolute Gasteiger partial charge is 0.335 e. The summed E-state index contributed by atoms with van der Waals surface area (Å²) < 4.78 is 0. The van der Waals surface area contributed by atoms with Gasteiger partial charge in [-0.1, -0.05) is 37.2 Å². The van der Waals surface area contributed by atoms with E-state index < -0.39 is 0 Å². The SMILES string of the molecule is CCC1(CC)CSC(Nc2ccc(Cl)cc2C)=N1. The molecule has 0 saturated carbocycles. The van der Waals surface area contributed by atoms with Crippen LogP contribution in [0.15, 0.2) is 23.2 Å². The van der Waals surface area contributed by atoms with Crippen molar-refractivity contribution in [2.24, 2.45) is 4.99 Å². The molecule has 0 aromatic heterocycles. The molecule has 0 amide bonds. The number of hydrogen-bond acceptors (Lipinski definition) is 3. The molecule has 1 aliphatic heterocycles. The first kappa shape index (κ1) is 13.8. The van der Waals surface area contributed by atoms with Crippen LogP contribution in [0.25, 0.3) is 0 Å². The summed E-state index contributed by atoms with van der Waals surface area (Å²) >= 11 is 7.77. The highest BCUT2D eigenvalue weighted by Crippen LogP contribution is 2.34. The Kier molecular flexibility index (Phi) is 4.23. The summed E-state index contributed by atoms with van der Waals surface area (Å²) in [6.07, 6.45) is 2.20. The highest BCUT2D eigenvalue weighted by atomic mass is 35.5. The Morgan fingerprint density at radius 2 is 2.11 bits per heavy atom. The molecule has 1 aromatic rings. The van der Waals surface area contributed by atoms with Gasteiger partial charge in [0.2, 0.25) is 0 Å². The molecule has 1 aromatic carbocycles. The topological polar surface area (TPSA) is 24.4 Å². The third-order valence-electron chi connectivity index (χ3n) is 3.56. The molecule has 2 rings (SSSR count). The van der Waals surface area contributed by atoms with E-state index in [2.05, 4.69) is 26.1 Å².